The van der Waals surface area contributed by atoms with E-state index in [4.69, 9.17) is 4.74 Å². The van der Waals surface area contributed by atoms with Gasteiger partial charge in [0, 0.05) is 19.7 Å². The third kappa shape index (κ3) is 2.94. The van der Waals surface area contributed by atoms with Crippen molar-refractivity contribution < 1.29 is 9.84 Å². The summed E-state index contributed by atoms with van der Waals surface area (Å²) in [4.78, 5) is 8.44. The SMILES string of the molecule is COCc1cc(NCC(C)(O)c2ccsc2)n2ncnc2n1. The van der Waals surface area contributed by atoms with Gasteiger partial charge in [-0.15, -0.1) is 0 Å². The van der Waals surface area contributed by atoms with Crippen molar-refractivity contribution >= 4 is 22.9 Å². The molecule has 0 radical (unpaired) electrons. The average molecular weight is 319 g/mol. The van der Waals surface area contributed by atoms with E-state index in [1.165, 1.54) is 6.33 Å². The lowest BCUT2D eigenvalue weighted by atomic mass is 9.99. The predicted octanol–water partition coefficient (Wildman–Crippen LogP) is 1.65. The smallest absolute Gasteiger partial charge is 0.254 e. The second kappa shape index (κ2) is 5.99. The Labute approximate surface area is 131 Å². The lowest BCUT2D eigenvalue weighted by molar-refractivity contribution is 0.0718. The molecule has 3 aromatic rings. The molecule has 0 saturated heterocycles. The van der Waals surface area contributed by atoms with Crippen LogP contribution in [-0.2, 0) is 16.9 Å². The van der Waals surface area contributed by atoms with Crippen LogP contribution in [0.4, 0.5) is 5.82 Å². The largest absolute Gasteiger partial charge is 0.384 e. The second-order valence-electron chi connectivity index (χ2n) is 5.18. The van der Waals surface area contributed by atoms with Crippen LogP contribution < -0.4 is 5.32 Å². The topological polar surface area (TPSA) is 84.6 Å². The zero-order chi connectivity index (χ0) is 15.6. The van der Waals surface area contributed by atoms with Crippen LogP contribution in [0.25, 0.3) is 5.78 Å². The minimum Gasteiger partial charge on any atom is -0.384 e. The van der Waals surface area contributed by atoms with Gasteiger partial charge in [0.1, 0.15) is 17.7 Å². The van der Waals surface area contributed by atoms with Crippen LogP contribution in [0.15, 0.2) is 29.2 Å². The molecule has 2 N–H and O–H groups in total. The van der Waals surface area contributed by atoms with E-state index in [0.29, 0.717) is 24.7 Å². The molecule has 3 rings (SSSR count). The van der Waals surface area contributed by atoms with E-state index in [-0.39, 0.29) is 0 Å². The number of aromatic nitrogens is 4. The fraction of sp³-hybridized carbons (Fsp3) is 0.357. The first-order chi connectivity index (χ1) is 10.6. The number of fused-ring (bicyclic) bond motifs is 1. The van der Waals surface area contributed by atoms with Gasteiger partial charge in [0.15, 0.2) is 0 Å². The van der Waals surface area contributed by atoms with Crippen molar-refractivity contribution in [3.8, 4) is 0 Å². The van der Waals surface area contributed by atoms with Gasteiger partial charge in [0.05, 0.1) is 12.3 Å². The number of methoxy groups -OCH3 is 1. The fourth-order valence-electron chi connectivity index (χ4n) is 2.14. The van der Waals surface area contributed by atoms with E-state index in [1.807, 2.05) is 22.9 Å². The number of hydrogen-bond acceptors (Lipinski definition) is 7. The maximum Gasteiger partial charge on any atom is 0.254 e. The van der Waals surface area contributed by atoms with Crippen molar-refractivity contribution in [1.82, 2.24) is 19.6 Å². The zero-order valence-electron chi connectivity index (χ0n) is 12.4. The second-order valence-corrected chi connectivity index (χ2v) is 5.96. The number of nitrogens with one attached hydrogen (secondary N) is 1. The third-order valence-corrected chi connectivity index (χ3v) is 4.04. The maximum absolute atomic E-state index is 10.6. The Bertz CT molecular complexity index is 754. The fourth-order valence-corrected chi connectivity index (χ4v) is 2.93. The van der Waals surface area contributed by atoms with Gasteiger partial charge in [0.2, 0.25) is 0 Å². The highest BCUT2D eigenvalue weighted by atomic mass is 32.1. The highest BCUT2D eigenvalue weighted by Crippen LogP contribution is 2.23. The molecule has 22 heavy (non-hydrogen) atoms. The number of aliphatic hydroxyl groups is 1. The molecule has 0 bridgehead atoms. The number of rotatable bonds is 6. The Kier molecular flexibility index (Phi) is 4.06. The average Bonchev–Trinajstić information content (AvgIpc) is 3.16. The minimum atomic E-state index is -0.975. The first-order valence-corrected chi connectivity index (χ1v) is 7.72. The first kappa shape index (κ1) is 14.9. The summed E-state index contributed by atoms with van der Waals surface area (Å²) in [5.41, 5.74) is 0.657. The van der Waals surface area contributed by atoms with Gasteiger partial charge < -0.3 is 15.2 Å². The predicted molar refractivity (Wildman–Crippen MR) is 83.9 cm³/mol. The summed E-state index contributed by atoms with van der Waals surface area (Å²) in [6.45, 7) is 2.51. The molecular weight excluding hydrogens is 302 g/mol. The van der Waals surface area contributed by atoms with Crippen LogP contribution in [0.2, 0.25) is 0 Å². The van der Waals surface area contributed by atoms with E-state index in [1.54, 1.807) is 29.9 Å². The summed E-state index contributed by atoms with van der Waals surface area (Å²) in [6, 6.07) is 3.76. The summed E-state index contributed by atoms with van der Waals surface area (Å²) in [5.74, 6) is 1.21. The lowest BCUT2D eigenvalue weighted by Crippen LogP contribution is -2.31. The Morgan fingerprint density at radius 1 is 1.50 bits per heavy atom. The van der Waals surface area contributed by atoms with Crippen molar-refractivity contribution in [2.45, 2.75) is 19.1 Å². The molecule has 1 unspecified atom stereocenters. The quantitative estimate of drug-likeness (QED) is 0.719. The van der Waals surface area contributed by atoms with Gasteiger partial charge in [-0.1, -0.05) is 0 Å². The number of ether oxygens (including phenoxy) is 1. The molecule has 1 atom stereocenters. The summed E-state index contributed by atoms with van der Waals surface area (Å²) in [6.07, 6.45) is 1.45. The number of anilines is 1. The molecule has 0 aliphatic carbocycles. The Morgan fingerprint density at radius 2 is 2.36 bits per heavy atom. The lowest BCUT2D eigenvalue weighted by Gasteiger charge is -2.23. The van der Waals surface area contributed by atoms with Gasteiger partial charge in [-0.2, -0.15) is 25.9 Å². The molecule has 3 aromatic heterocycles. The Morgan fingerprint density at radius 3 is 3.09 bits per heavy atom. The van der Waals surface area contributed by atoms with Crippen LogP contribution in [-0.4, -0.2) is 38.3 Å². The Balaban J connectivity index is 1.85. The van der Waals surface area contributed by atoms with E-state index < -0.39 is 5.60 Å². The molecule has 0 aromatic carbocycles. The van der Waals surface area contributed by atoms with E-state index in [9.17, 15) is 5.11 Å². The normalized spacial score (nSPS) is 14.1. The molecule has 116 valence electrons. The number of thiophene rings is 1. The molecule has 0 amide bonds. The number of nitrogens with zero attached hydrogens (tertiary/aromatic N) is 4. The van der Waals surface area contributed by atoms with E-state index in [2.05, 4.69) is 20.4 Å². The van der Waals surface area contributed by atoms with Crippen LogP contribution in [0, 0.1) is 0 Å². The molecule has 0 aliphatic heterocycles. The van der Waals surface area contributed by atoms with Crippen molar-refractivity contribution in [1.29, 1.82) is 0 Å². The first-order valence-electron chi connectivity index (χ1n) is 6.78. The van der Waals surface area contributed by atoms with Crippen molar-refractivity contribution in [2.24, 2.45) is 0 Å². The van der Waals surface area contributed by atoms with Crippen LogP contribution in [0.1, 0.15) is 18.2 Å². The molecule has 3 heterocycles. The minimum absolute atomic E-state index is 0.342. The van der Waals surface area contributed by atoms with Crippen LogP contribution in [0.5, 0.6) is 0 Å². The molecule has 7 nitrogen and oxygen atoms in total. The van der Waals surface area contributed by atoms with Crippen LogP contribution in [0.3, 0.4) is 0 Å². The zero-order valence-corrected chi connectivity index (χ0v) is 13.2. The van der Waals surface area contributed by atoms with Gasteiger partial charge in [-0.05, 0) is 29.3 Å². The number of hydrogen-bond donors (Lipinski definition) is 2. The molecular formula is C14H17N5O2S. The maximum atomic E-state index is 10.6. The molecule has 0 aliphatic rings. The van der Waals surface area contributed by atoms with Gasteiger partial charge in [0.25, 0.3) is 5.78 Å². The summed E-state index contributed by atoms with van der Waals surface area (Å²) < 4.78 is 6.72. The summed E-state index contributed by atoms with van der Waals surface area (Å²) in [7, 11) is 1.62. The molecule has 0 saturated carbocycles. The highest BCUT2D eigenvalue weighted by Gasteiger charge is 2.23. The van der Waals surface area contributed by atoms with Gasteiger partial charge >= 0.3 is 0 Å². The van der Waals surface area contributed by atoms with Crippen LogP contribution >= 0.6 is 11.3 Å². The standard InChI is InChI=1S/C14H17N5O2S/c1-14(20,10-3-4-22-7-10)8-15-12-5-11(6-21-2)18-13-16-9-17-19(12)13/h3-5,7,9,15,20H,6,8H2,1-2H3. The molecule has 0 spiro atoms. The van der Waals surface area contributed by atoms with Gasteiger partial charge in [-0.25, -0.2) is 4.98 Å². The molecule has 8 heteroatoms. The summed E-state index contributed by atoms with van der Waals surface area (Å²) >= 11 is 1.56. The van der Waals surface area contributed by atoms with E-state index >= 15 is 0 Å². The van der Waals surface area contributed by atoms with Crippen molar-refractivity contribution in [3.63, 3.8) is 0 Å². The van der Waals surface area contributed by atoms with Gasteiger partial charge in [-0.3, -0.25) is 0 Å². The highest BCUT2D eigenvalue weighted by molar-refractivity contribution is 7.08. The Hall–Kier alpha value is -2.03. The summed E-state index contributed by atoms with van der Waals surface area (Å²) in [5, 5.41) is 21.8. The van der Waals surface area contributed by atoms with Crippen molar-refractivity contribution in [3.05, 3.63) is 40.5 Å². The molecule has 0 fully saturated rings. The van der Waals surface area contributed by atoms with E-state index in [0.717, 1.165) is 11.3 Å². The van der Waals surface area contributed by atoms with Crippen molar-refractivity contribution in [2.75, 3.05) is 19.0 Å². The third-order valence-electron chi connectivity index (χ3n) is 3.35. The monoisotopic (exact) mass is 319 g/mol.